The van der Waals surface area contributed by atoms with Crippen LogP contribution in [-0.4, -0.2) is 19.1 Å². The van der Waals surface area contributed by atoms with E-state index in [1.54, 1.807) is 24.3 Å². The van der Waals surface area contributed by atoms with Crippen molar-refractivity contribution in [3.8, 4) is 0 Å². The predicted molar refractivity (Wildman–Crippen MR) is 93.9 cm³/mol. The van der Waals surface area contributed by atoms with Gasteiger partial charge >= 0.3 is 51.4 Å². The van der Waals surface area contributed by atoms with Gasteiger partial charge in [0, 0.05) is 30.5 Å². The van der Waals surface area contributed by atoms with Crippen LogP contribution in [0.3, 0.4) is 0 Å². The molecule has 0 saturated carbocycles. The molecule has 26 heavy (non-hydrogen) atoms. The first-order chi connectivity index (χ1) is 11.4. The first-order valence-electron chi connectivity index (χ1n) is 7.37. The summed E-state index contributed by atoms with van der Waals surface area (Å²) in [5, 5.41) is 0.577. The number of carbonyl (C=O) groups excluding carboxylic acids is 1. The van der Waals surface area contributed by atoms with Crippen LogP contribution in [0.25, 0.3) is 5.73 Å². The number of benzene rings is 2. The van der Waals surface area contributed by atoms with Crippen molar-refractivity contribution in [3.05, 3.63) is 76.0 Å². The minimum absolute atomic E-state index is 0. The smallest absolute Gasteiger partial charge is 0.668 e. The molecule has 0 aliphatic carbocycles. The Balaban J connectivity index is 0.00000312. The molecule has 4 nitrogen and oxygen atoms in total. The van der Waals surface area contributed by atoms with Gasteiger partial charge in [-0.05, 0) is 35.7 Å². The molecule has 0 bridgehead atoms. The van der Waals surface area contributed by atoms with Crippen LogP contribution in [0.1, 0.15) is 23.5 Å². The number of halogens is 3. The molecular weight excluding hydrogens is 391 g/mol. The predicted octanol–water partition coefficient (Wildman–Crippen LogP) is 1.01. The molecule has 2 rings (SSSR count). The summed E-state index contributed by atoms with van der Waals surface area (Å²) >= 11 is 5.87. The van der Waals surface area contributed by atoms with Gasteiger partial charge in [0.1, 0.15) is 11.6 Å². The molecule has 0 saturated heterocycles. The van der Waals surface area contributed by atoms with Crippen molar-refractivity contribution in [2.75, 3.05) is 7.11 Å². The van der Waals surface area contributed by atoms with Crippen LogP contribution in [-0.2, 0) is 21.4 Å². The molecule has 0 heterocycles. The van der Waals surface area contributed by atoms with Crippen molar-refractivity contribution in [1.29, 1.82) is 0 Å². The molecule has 2 atom stereocenters. The normalized spacial score (nSPS) is 12.5. The van der Waals surface area contributed by atoms with Crippen molar-refractivity contribution < 1.29 is 75.2 Å². The third-order valence-corrected chi connectivity index (χ3v) is 4.12. The van der Waals surface area contributed by atoms with Crippen molar-refractivity contribution in [2.45, 2.75) is 24.9 Å². The van der Waals surface area contributed by atoms with Crippen molar-refractivity contribution >= 4 is 17.5 Å². The molecule has 1 unspecified atom stereocenters. The van der Waals surface area contributed by atoms with Crippen LogP contribution >= 0.6 is 11.6 Å². The second kappa shape index (κ2) is 12.1. The van der Waals surface area contributed by atoms with E-state index in [1.807, 2.05) is 0 Å². The fourth-order valence-corrected chi connectivity index (χ4v) is 2.82. The van der Waals surface area contributed by atoms with E-state index in [0.717, 1.165) is 11.6 Å². The fraction of sp³-hybridized carbons (Fsp3) is 0.278. The van der Waals surface area contributed by atoms with Crippen LogP contribution in [0.4, 0.5) is 8.78 Å². The monoisotopic (exact) mass is 410 g/mol. The van der Waals surface area contributed by atoms with Gasteiger partial charge in [0.2, 0.25) is 0 Å². The van der Waals surface area contributed by atoms with Gasteiger partial charge in [-0.2, -0.15) is 0 Å². The van der Waals surface area contributed by atoms with E-state index in [0.29, 0.717) is 11.4 Å². The molecule has 0 fully saturated rings. The molecular formula is C18H20ClF2KNO3+. The summed E-state index contributed by atoms with van der Waals surface area (Å²) in [6, 6.07) is 10.4. The third-order valence-electron chi connectivity index (χ3n) is 3.87. The molecule has 2 aromatic rings. The number of methoxy groups -OCH3 is 1. The number of hydrogen-bond acceptors (Lipinski definition) is 2. The molecule has 1 amide bonds. The van der Waals surface area contributed by atoms with Crippen molar-refractivity contribution in [3.63, 3.8) is 0 Å². The summed E-state index contributed by atoms with van der Waals surface area (Å²) in [5.41, 5.74) is 8.29. The molecule has 2 aromatic carbocycles. The Morgan fingerprint density at radius 2 is 1.81 bits per heavy atom. The molecule has 4 N–H and O–H groups in total. The van der Waals surface area contributed by atoms with Gasteiger partial charge in [-0.3, -0.25) is 0 Å². The minimum atomic E-state index is -0.800. The Morgan fingerprint density at radius 3 is 2.31 bits per heavy atom. The van der Waals surface area contributed by atoms with Gasteiger partial charge in [0.15, 0.2) is 0 Å². The largest absolute Gasteiger partial charge is 1.00 e. The molecule has 0 spiro atoms. The quantitative estimate of drug-likeness (QED) is 0.504. The van der Waals surface area contributed by atoms with Gasteiger partial charge in [-0.25, -0.2) is 8.78 Å². The number of amides is 1. The molecule has 8 heteroatoms. The summed E-state index contributed by atoms with van der Waals surface area (Å²) in [7, 11) is 1.41. The fourth-order valence-electron chi connectivity index (χ4n) is 2.69. The van der Waals surface area contributed by atoms with E-state index in [1.165, 1.54) is 19.2 Å². The molecule has 0 aromatic heterocycles. The van der Waals surface area contributed by atoms with E-state index in [2.05, 4.69) is 0 Å². The van der Waals surface area contributed by atoms with Crippen molar-refractivity contribution in [1.82, 2.24) is 0 Å². The number of ether oxygens (including phenoxy) is 1. The van der Waals surface area contributed by atoms with Crippen LogP contribution in [0.2, 0.25) is 5.02 Å². The Bertz CT molecular complexity index is 716. The second-order valence-corrected chi connectivity index (χ2v) is 5.94. The maximum absolute atomic E-state index is 14.3. The standard InChI is InChI=1S/C18H18ClF2NO2.K.H2O/c1-24-17(10-18(22)23)15(8-11-2-4-12(19)5-3-11)14-7-6-13(20)9-16(14)21;;/h2-7,9,15,17H,8,10H2,1H3,(H2,22,23);;1H2/q;+1;/t15?,17-;;/m1../s1. The Kier molecular flexibility index (Phi) is 12.0. The van der Waals surface area contributed by atoms with Crippen LogP contribution in [0.5, 0.6) is 0 Å². The van der Waals surface area contributed by atoms with E-state index in [4.69, 9.17) is 22.1 Å². The van der Waals surface area contributed by atoms with Gasteiger partial charge < -0.3 is 20.7 Å². The zero-order chi connectivity index (χ0) is 17.7. The maximum atomic E-state index is 14.3. The summed E-state index contributed by atoms with van der Waals surface area (Å²) in [6.07, 6.45) is -0.498. The zero-order valence-corrected chi connectivity index (χ0v) is 18.5. The first kappa shape index (κ1) is 25.6. The SMILES string of the molecule is CO[C@H](CC([NH-])=O)C(Cc1ccc(Cl)cc1)c1ccc(F)cc1F.[K+].[OH3+]. The zero-order valence-electron chi connectivity index (χ0n) is 14.6. The summed E-state index contributed by atoms with van der Waals surface area (Å²) in [6.45, 7) is 0. The second-order valence-electron chi connectivity index (χ2n) is 5.50. The molecule has 0 radical (unpaired) electrons. The van der Waals surface area contributed by atoms with Gasteiger partial charge in [0.25, 0.3) is 0 Å². The maximum Gasteiger partial charge on any atom is 1.00 e. The molecule has 136 valence electrons. The van der Waals surface area contributed by atoms with E-state index < -0.39 is 29.6 Å². The third kappa shape index (κ3) is 7.32. The summed E-state index contributed by atoms with van der Waals surface area (Å²) in [5.74, 6) is -2.71. The number of carbonyl (C=O) groups is 1. The van der Waals surface area contributed by atoms with Crippen LogP contribution in [0, 0.1) is 11.6 Å². The number of rotatable bonds is 7. The van der Waals surface area contributed by atoms with Gasteiger partial charge in [-0.15, -0.1) is 0 Å². The average Bonchev–Trinajstić information content (AvgIpc) is 2.53. The number of hydrogen-bond donors (Lipinski definition) is 0. The first-order valence-corrected chi connectivity index (χ1v) is 7.75. The Labute approximate surface area is 198 Å². The Hall–Kier alpha value is -0.384. The van der Waals surface area contributed by atoms with Crippen molar-refractivity contribution in [2.24, 2.45) is 0 Å². The topological polar surface area (TPSA) is 83.1 Å². The van der Waals surface area contributed by atoms with Crippen LogP contribution in [0.15, 0.2) is 42.5 Å². The summed E-state index contributed by atoms with van der Waals surface area (Å²) < 4.78 is 32.8. The van der Waals surface area contributed by atoms with Crippen LogP contribution < -0.4 is 51.4 Å². The Morgan fingerprint density at radius 1 is 1.19 bits per heavy atom. The van der Waals surface area contributed by atoms with Gasteiger partial charge in [-0.1, -0.05) is 29.8 Å². The average molecular weight is 411 g/mol. The van der Waals surface area contributed by atoms with E-state index in [-0.39, 0.29) is 68.8 Å². The van der Waals surface area contributed by atoms with E-state index in [9.17, 15) is 13.6 Å². The number of nitrogens with one attached hydrogen (secondary N) is 1. The molecule has 0 aliphatic heterocycles. The van der Waals surface area contributed by atoms with E-state index >= 15 is 0 Å². The minimum Gasteiger partial charge on any atom is -0.668 e. The van der Waals surface area contributed by atoms with Gasteiger partial charge in [0.05, 0.1) is 12.0 Å². The summed E-state index contributed by atoms with van der Waals surface area (Å²) in [4.78, 5) is 11.2. The molecule has 0 aliphatic rings.